The van der Waals surface area contributed by atoms with E-state index in [9.17, 15) is 0 Å². The molecular formula is C11H23NO2. The van der Waals surface area contributed by atoms with Gasteiger partial charge in [0, 0.05) is 19.3 Å². The van der Waals surface area contributed by atoms with Crippen molar-refractivity contribution in [3.63, 3.8) is 0 Å². The maximum atomic E-state index is 8.67. The van der Waals surface area contributed by atoms with Crippen molar-refractivity contribution in [3.05, 3.63) is 0 Å². The molecule has 1 heterocycles. The fourth-order valence-corrected chi connectivity index (χ4v) is 1.97. The highest BCUT2D eigenvalue weighted by Gasteiger charge is 2.20. The van der Waals surface area contributed by atoms with Crippen molar-refractivity contribution in [2.75, 3.05) is 19.8 Å². The lowest BCUT2D eigenvalue weighted by molar-refractivity contribution is -0.00322. The van der Waals surface area contributed by atoms with Crippen LogP contribution in [0.5, 0.6) is 0 Å². The lowest BCUT2D eigenvalue weighted by Crippen LogP contribution is -2.39. The van der Waals surface area contributed by atoms with Gasteiger partial charge in [0.05, 0.1) is 6.10 Å². The molecule has 1 rings (SSSR count). The summed E-state index contributed by atoms with van der Waals surface area (Å²) in [6, 6.07) is 0.604. The molecule has 84 valence electrons. The van der Waals surface area contributed by atoms with Crippen molar-refractivity contribution in [1.29, 1.82) is 0 Å². The van der Waals surface area contributed by atoms with Crippen molar-refractivity contribution in [2.45, 2.75) is 51.2 Å². The summed E-state index contributed by atoms with van der Waals surface area (Å²) in [7, 11) is 0. The molecule has 0 amide bonds. The van der Waals surface area contributed by atoms with Crippen molar-refractivity contribution >= 4 is 0 Å². The number of aliphatic hydroxyl groups is 1. The zero-order valence-electron chi connectivity index (χ0n) is 9.17. The minimum atomic E-state index is 0.286. The molecule has 0 spiro atoms. The molecule has 0 aromatic heterocycles. The van der Waals surface area contributed by atoms with Crippen LogP contribution in [0.4, 0.5) is 0 Å². The largest absolute Gasteiger partial charge is 0.396 e. The molecule has 1 fully saturated rings. The van der Waals surface area contributed by atoms with Crippen LogP contribution in [0.25, 0.3) is 0 Å². The van der Waals surface area contributed by atoms with E-state index in [4.69, 9.17) is 9.84 Å². The molecule has 1 saturated heterocycles. The number of nitrogens with one attached hydrogen (secondary N) is 1. The Balaban J connectivity index is 2.12. The minimum Gasteiger partial charge on any atom is -0.396 e. The third kappa shape index (κ3) is 4.40. The van der Waals surface area contributed by atoms with E-state index in [0.29, 0.717) is 12.1 Å². The van der Waals surface area contributed by atoms with Crippen molar-refractivity contribution in [1.82, 2.24) is 5.32 Å². The van der Waals surface area contributed by atoms with Crippen molar-refractivity contribution in [3.8, 4) is 0 Å². The van der Waals surface area contributed by atoms with Crippen LogP contribution < -0.4 is 5.32 Å². The maximum absolute atomic E-state index is 8.67. The fourth-order valence-electron chi connectivity index (χ4n) is 1.97. The normalized spacial score (nSPS) is 27.9. The smallest absolute Gasteiger partial charge is 0.0589 e. The lowest BCUT2D eigenvalue weighted by atomic mass is 10.00. The third-order valence-electron chi connectivity index (χ3n) is 2.75. The molecule has 0 aliphatic carbocycles. The Kier molecular flexibility index (Phi) is 6.15. The molecule has 1 aliphatic rings. The Morgan fingerprint density at radius 3 is 3.07 bits per heavy atom. The van der Waals surface area contributed by atoms with Gasteiger partial charge in [0.25, 0.3) is 0 Å². The molecule has 0 aromatic carbocycles. The highest BCUT2D eigenvalue weighted by molar-refractivity contribution is 4.76. The van der Waals surface area contributed by atoms with Crippen LogP contribution in [0.3, 0.4) is 0 Å². The third-order valence-corrected chi connectivity index (χ3v) is 2.75. The first-order valence-electron chi connectivity index (χ1n) is 5.82. The van der Waals surface area contributed by atoms with Gasteiger partial charge >= 0.3 is 0 Å². The standard InChI is InChI=1S/C11H23NO2/c1-2-4-11-9-10(5-8-14-11)12-6-3-7-13/h10-13H,2-9H2,1H3. The van der Waals surface area contributed by atoms with Gasteiger partial charge < -0.3 is 15.2 Å². The molecule has 2 unspecified atom stereocenters. The van der Waals surface area contributed by atoms with Gasteiger partial charge in [-0.2, -0.15) is 0 Å². The molecular weight excluding hydrogens is 178 g/mol. The summed E-state index contributed by atoms with van der Waals surface area (Å²) >= 11 is 0. The first-order valence-corrected chi connectivity index (χ1v) is 5.82. The van der Waals surface area contributed by atoms with E-state index in [1.165, 1.54) is 12.8 Å². The van der Waals surface area contributed by atoms with E-state index in [1.54, 1.807) is 0 Å². The lowest BCUT2D eigenvalue weighted by Gasteiger charge is -2.30. The van der Waals surface area contributed by atoms with Gasteiger partial charge in [0.1, 0.15) is 0 Å². The quantitative estimate of drug-likeness (QED) is 0.637. The molecule has 3 heteroatoms. The van der Waals surface area contributed by atoms with Crippen LogP contribution in [0, 0.1) is 0 Å². The Morgan fingerprint density at radius 2 is 2.36 bits per heavy atom. The second-order valence-electron chi connectivity index (χ2n) is 4.03. The molecule has 0 bridgehead atoms. The molecule has 0 aromatic rings. The van der Waals surface area contributed by atoms with E-state index in [-0.39, 0.29) is 6.61 Å². The number of hydrogen-bond donors (Lipinski definition) is 2. The maximum Gasteiger partial charge on any atom is 0.0589 e. The van der Waals surface area contributed by atoms with Crippen LogP contribution in [0.2, 0.25) is 0 Å². The predicted octanol–water partition coefficient (Wildman–Crippen LogP) is 1.31. The highest BCUT2D eigenvalue weighted by atomic mass is 16.5. The van der Waals surface area contributed by atoms with Gasteiger partial charge in [0.15, 0.2) is 0 Å². The monoisotopic (exact) mass is 201 g/mol. The molecule has 14 heavy (non-hydrogen) atoms. The Hall–Kier alpha value is -0.120. The summed E-state index contributed by atoms with van der Waals surface area (Å²) in [5, 5.41) is 12.1. The van der Waals surface area contributed by atoms with E-state index in [0.717, 1.165) is 32.4 Å². The van der Waals surface area contributed by atoms with Gasteiger partial charge in [-0.1, -0.05) is 13.3 Å². The second-order valence-corrected chi connectivity index (χ2v) is 4.03. The fraction of sp³-hybridized carbons (Fsp3) is 1.00. The average molecular weight is 201 g/mol. The average Bonchev–Trinajstić information content (AvgIpc) is 2.19. The summed E-state index contributed by atoms with van der Waals surface area (Å²) < 4.78 is 5.67. The summed E-state index contributed by atoms with van der Waals surface area (Å²) in [4.78, 5) is 0. The summed E-state index contributed by atoms with van der Waals surface area (Å²) in [6.45, 7) is 4.31. The SMILES string of the molecule is CCCC1CC(NCCCO)CCO1. The zero-order chi connectivity index (χ0) is 10.2. The molecule has 3 nitrogen and oxygen atoms in total. The Labute approximate surface area is 86.8 Å². The molecule has 0 saturated carbocycles. The first kappa shape index (κ1) is 12.0. The van der Waals surface area contributed by atoms with Crippen molar-refractivity contribution in [2.24, 2.45) is 0 Å². The van der Waals surface area contributed by atoms with Gasteiger partial charge in [-0.15, -0.1) is 0 Å². The Morgan fingerprint density at radius 1 is 1.50 bits per heavy atom. The van der Waals surface area contributed by atoms with Gasteiger partial charge in [0.2, 0.25) is 0 Å². The first-order chi connectivity index (χ1) is 6.86. The Bertz CT molecular complexity index is 139. The molecule has 2 N–H and O–H groups in total. The minimum absolute atomic E-state index is 0.286. The van der Waals surface area contributed by atoms with Gasteiger partial charge in [-0.3, -0.25) is 0 Å². The highest BCUT2D eigenvalue weighted by Crippen LogP contribution is 2.17. The zero-order valence-corrected chi connectivity index (χ0v) is 9.17. The number of rotatable bonds is 6. The second kappa shape index (κ2) is 7.21. The number of ether oxygens (including phenoxy) is 1. The summed E-state index contributed by atoms with van der Waals surface area (Å²) in [6.07, 6.45) is 5.95. The van der Waals surface area contributed by atoms with Crippen LogP contribution >= 0.6 is 0 Å². The van der Waals surface area contributed by atoms with Crippen LogP contribution in [-0.2, 0) is 4.74 Å². The summed E-state index contributed by atoms with van der Waals surface area (Å²) in [5.41, 5.74) is 0. The summed E-state index contributed by atoms with van der Waals surface area (Å²) in [5.74, 6) is 0. The molecule has 2 atom stereocenters. The van der Waals surface area contributed by atoms with Gasteiger partial charge in [-0.25, -0.2) is 0 Å². The number of hydrogen-bond acceptors (Lipinski definition) is 3. The number of aliphatic hydroxyl groups excluding tert-OH is 1. The van der Waals surface area contributed by atoms with E-state index >= 15 is 0 Å². The molecule has 0 radical (unpaired) electrons. The van der Waals surface area contributed by atoms with Crippen molar-refractivity contribution < 1.29 is 9.84 Å². The van der Waals surface area contributed by atoms with Crippen LogP contribution in [-0.4, -0.2) is 37.0 Å². The van der Waals surface area contributed by atoms with Gasteiger partial charge in [-0.05, 0) is 32.2 Å². The van der Waals surface area contributed by atoms with Crippen LogP contribution in [0.1, 0.15) is 39.0 Å². The molecule has 1 aliphatic heterocycles. The van der Waals surface area contributed by atoms with E-state index in [2.05, 4.69) is 12.2 Å². The predicted molar refractivity (Wildman–Crippen MR) is 57.4 cm³/mol. The topological polar surface area (TPSA) is 41.5 Å². The van der Waals surface area contributed by atoms with Crippen LogP contribution in [0.15, 0.2) is 0 Å². The van der Waals surface area contributed by atoms with E-state index in [1.807, 2.05) is 0 Å². The van der Waals surface area contributed by atoms with E-state index < -0.39 is 0 Å².